The highest BCUT2D eigenvalue weighted by atomic mass is 19.3. The number of amides is 2. The Morgan fingerprint density at radius 3 is 2.10 bits per heavy atom. The molecule has 2 amide bonds. The zero-order valence-electron chi connectivity index (χ0n) is 16.5. The molecule has 158 valence electrons. The van der Waals surface area contributed by atoms with Crippen LogP contribution in [-0.4, -0.2) is 25.0 Å². The van der Waals surface area contributed by atoms with Gasteiger partial charge in [-0.3, -0.25) is 9.59 Å². The van der Waals surface area contributed by atoms with Crippen molar-refractivity contribution in [3.8, 4) is 5.75 Å². The smallest absolute Gasteiger partial charge is 0.387 e. The van der Waals surface area contributed by atoms with Gasteiger partial charge in [0.25, 0.3) is 0 Å². The third-order valence-electron chi connectivity index (χ3n) is 6.78. The van der Waals surface area contributed by atoms with E-state index in [0.717, 1.165) is 23.3 Å². The zero-order chi connectivity index (χ0) is 20.4. The van der Waals surface area contributed by atoms with Gasteiger partial charge in [-0.2, -0.15) is 8.78 Å². The van der Waals surface area contributed by atoms with Crippen molar-refractivity contribution in [2.45, 2.75) is 58.1 Å². The molecule has 29 heavy (non-hydrogen) atoms. The van der Waals surface area contributed by atoms with Gasteiger partial charge in [0.15, 0.2) is 0 Å². The summed E-state index contributed by atoms with van der Waals surface area (Å²) in [7, 11) is 0. The van der Waals surface area contributed by atoms with Crippen molar-refractivity contribution in [1.82, 2.24) is 10.6 Å². The van der Waals surface area contributed by atoms with Gasteiger partial charge in [-0.1, -0.05) is 12.1 Å². The maximum atomic E-state index is 12.5. The molecule has 0 spiro atoms. The summed E-state index contributed by atoms with van der Waals surface area (Å²) in [5, 5.41) is 5.50. The standard InChI is InChI=1S/C22H28F2N2O3/c23-21(24)29-18-3-1-14(2-4-18)12-25-20(28)13-26-19(27)11-22-8-15-5-16(9-22)7-17(6-15)10-22/h1-4,15-17,21H,5-13H2,(H,25,28)(H,26,27). The molecule has 4 bridgehead atoms. The average Bonchev–Trinajstić information content (AvgIpc) is 2.64. The second-order valence-electron chi connectivity index (χ2n) is 9.17. The van der Waals surface area contributed by atoms with Crippen LogP contribution in [0, 0.1) is 23.2 Å². The van der Waals surface area contributed by atoms with Gasteiger partial charge in [0.2, 0.25) is 11.8 Å². The number of alkyl halides is 2. The van der Waals surface area contributed by atoms with Crippen LogP contribution < -0.4 is 15.4 Å². The number of nitrogens with one attached hydrogen (secondary N) is 2. The second kappa shape index (κ2) is 8.28. The van der Waals surface area contributed by atoms with Crippen molar-refractivity contribution >= 4 is 11.8 Å². The van der Waals surface area contributed by atoms with Gasteiger partial charge in [0, 0.05) is 13.0 Å². The lowest BCUT2D eigenvalue weighted by molar-refractivity contribution is -0.131. The molecular weight excluding hydrogens is 378 g/mol. The number of carbonyl (C=O) groups excluding carboxylic acids is 2. The van der Waals surface area contributed by atoms with E-state index in [4.69, 9.17) is 0 Å². The quantitative estimate of drug-likeness (QED) is 0.693. The van der Waals surface area contributed by atoms with Crippen LogP contribution in [0.1, 0.15) is 50.5 Å². The fourth-order valence-corrected chi connectivity index (χ4v) is 6.14. The predicted molar refractivity (Wildman–Crippen MR) is 103 cm³/mol. The van der Waals surface area contributed by atoms with E-state index in [1.54, 1.807) is 12.1 Å². The number of hydrogen-bond donors (Lipinski definition) is 2. The Bertz CT molecular complexity index is 716. The lowest BCUT2D eigenvalue weighted by Gasteiger charge is -2.56. The summed E-state index contributed by atoms with van der Waals surface area (Å²) < 4.78 is 28.6. The molecule has 0 radical (unpaired) electrons. The van der Waals surface area contributed by atoms with Crippen molar-refractivity contribution in [3.63, 3.8) is 0 Å². The number of rotatable bonds is 8. The largest absolute Gasteiger partial charge is 0.435 e. The van der Waals surface area contributed by atoms with Crippen LogP contribution in [0.5, 0.6) is 5.75 Å². The summed E-state index contributed by atoms with van der Waals surface area (Å²) in [5.41, 5.74) is 0.928. The Kier molecular flexibility index (Phi) is 5.74. The molecule has 0 unspecified atom stereocenters. The number of ether oxygens (including phenoxy) is 1. The molecule has 4 fully saturated rings. The van der Waals surface area contributed by atoms with Crippen molar-refractivity contribution in [3.05, 3.63) is 29.8 Å². The van der Waals surface area contributed by atoms with Crippen LogP contribution in [0.25, 0.3) is 0 Å². The Hall–Kier alpha value is -2.18. The molecule has 2 N–H and O–H groups in total. The molecule has 4 aliphatic rings. The minimum atomic E-state index is -2.86. The van der Waals surface area contributed by atoms with Crippen LogP contribution in [0.4, 0.5) is 8.78 Å². The normalized spacial score (nSPS) is 29.7. The highest BCUT2D eigenvalue weighted by Gasteiger charge is 2.51. The minimum absolute atomic E-state index is 0.0319. The first-order valence-electron chi connectivity index (χ1n) is 10.5. The summed E-state index contributed by atoms with van der Waals surface area (Å²) in [5.74, 6) is 2.18. The monoisotopic (exact) mass is 406 g/mol. The van der Waals surface area contributed by atoms with E-state index >= 15 is 0 Å². The highest BCUT2D eigenvalue weighted by molar-refractivity contribution is 5.84. The van der Waals surface area contributed by atoms with Crippen LogP contribution in [0.15, 0.2) is 24.3 Å². The zero-order valence-corrected chi connectivity index (χ0v) is 16.5. The third kappa shape index (κ3) is 5.06. The van der Waals surface area contributed by atoms with E-state index < -0.39 is 6.61 Å². The van der Waals surface area contributed by atoms with Crippen LogP contribution in [-0.2, 0) is 16.1 Å². The van der Waals surface area contributed by atoms with Gasteiger partial charge in [-0.15, -0.1) is 0 Å². The van der Waals surface area contributed by atoms with E-state index in [2.05, 4.69) is 15.4 Å². The molecule has 7 heteroatoms. The summed E-state index contributed by atoms with van der Waals surface area (Å²) in [4.78, 5) is 24.5. The van der Waals surface area contributed by atoms with Crippen LogP contribution >= 0.6 is 0 Å². The lowest BCUT2D eigenvalue weighted by Crippen LogP contribution is -2.48. The Labute approximate surface area is 169 Å². The Balaban J connectivity index is 1.18. The van der Waals surface area contributed by atoms with E-state index in [1.165, 1.54) is 50.7 Å². The van der Waals surface area contributed by atoms with Gasteiger partial charge < -0.3 is 15.4 Å². The molecule has 0 saturated heterocycles. The summed E-state index contributed by atoms with van der Waals surface area (Å²) in [6.07, 6.45) is 8.09. The fourth-order valence-electron chi connectivity index (χ4n) is 6.14. The Morgan fingerprint density at radius 1 is 0.966 bits per heavy atom. The molecule has 0 aliphatic heterocycles. The first kappa shape index (κ1) is 20.1. The van der Waals surface area contributed by atoms with Gasteiger partial charge in [0.05, 0.1) is 6.54 Å². The minimum Gasteiger partial charge on any atom is -0.435 e. The molecule has 4 aliphatic carbocycles. The molecule has 1 aromatic carbocycles. The summed E-state index contributed by atoms with van der Waals surface area (Å²) >= 11 is 0. The SMILES string of the molecule is O=C(CNC(=O)CC12CC3CC(CC(C3)C1)C2)NCc1ccc(OC(F)F)cc1. The van der Waals surface area contributed by atoms with Crippen molar-refractivity contribution < 1.29 is 23.1 Å². The summed E-state index contributed by atoms with van der Waals surface area (Å²) in [6, 6.07) is 6.09. The topological polar surface area (TPSA) is 67.4 Å². The first-order valence-corrected chi connectivity index (χ1v) is 10.5. The van der Waals surface area contributed by atoms with Crippen molar-refractivity contribution in [2.75, 3.05) is 6.54 Å². The Morgan fingerprint density at radius 2 is 1.55 bits per heavy atom. The molecule has 0 heterocycles. The average molecular weight is 406 g/mol. The van der Waals surface area contributed by atoms with Crippen LogP contribution in [0.2, 0.25) is 0 Å². The van der Waals surface area contributed by atoms with E-state index in [0.29, 0.717) is 6.42 Å². The van der Waals surface area contributed by atoms with Crippen molar-refractivity contribution in [2.24, 2.45) is 23.2 Å². The van der Waals surface area contributed by atoms with E-state index in [-0.39, 0.29) is 36.1 Å². The lowest BCUT2D eigenvalue weighted by atomic mass is 9.49. The number of carbonyl (C=O) groups is 2. The molecule has 0 aromatic heterocycles. The number of hydrogen-bond acceptors (Lipinski definition) is 3. The number of halogens is 2. The summed E-state index contributed by atoms with van der Waals surface area (Å²) in [6.45, 7) is -2.64. The molecule has 0 atom stereocenters. The molecular formula is C22H28F2N2O3. The number of benzene rings is 1. The van der Waals surface area contributed by atoms with Crippen LogP contribution in [0.3, 0.4) is 0 Å². The third-order valence-corrected chi connectivity index (χ3v) is 6.78. The van der Waals surface area contributed by atoms with Crippen molar-refractivity contribution in [1.29, 1.82) is 0 Å². The second-order valence-corrected chi connectivity index (χ2v) is 9.17. The first-order chi connectivity index (χ1) is 13.9. The van der Waals surface area contributed by atoms with Gasteiger partial charge in [-0.25, -0.2) is 0 Å². The molecule has 1 aromatic rings. The molecule has 5 rings (SSSR count). The maximum absolute atomic E-state index is 12.5. The predicted octanol–water partition coefficient (Wildman–Crippen LogP) is 3.63. The fraction of sp³-hybridized carbons (Fsp3) is 0.636. The van der Waals surface area contributed by atoms with Gasteiger partial charge in [0.1, 0.15) is 5.75 Å². The van der Waals surface area contributed by atoms with Gasteiger partial charge >= 0.3 is 6.61 Å². The molecule has 5 nitrogen and oxygen atoms in total. The van der Waals surface area contributed by atoms with E-state index in [9.17, 15) is 18.4 Å². The van der Waals surface area contributed by atoms with Gasteiger partial charge in [-0.05, 0) is 79.4 Å². The highest BCUT2D eigenvalue weighted by Crippen LogP contribution is 2.61. The van der Waals surface area contributed by atoms with E-state index in [1.807, 2.05) is 0 Å². The maximum Gasteiger partial charge on any atom is 0.387 e. The molecule has 4 saturated carbocycles.